The first-order chi connectivity index (χ1) is 13.3. The number of ether oxygens (including phenoxy) is 1. The van der Waals surface area contributed by atoms with E-state index < -0.39 is 22.4 Å². The molecular formula is C20H23NO5S2. The van der Waals surface area contributed by atoms with Crippen LogP contribution in [0.4, 0.5) is 0 Å². The molecule has 0 radical (unpaired) electrons. The summed E-state index contributed by atoms with van der Waals surface area (Å²) in [4.78, 5) is 27.0. The zero-order valence-corrected chi connectivity index (χ0v) is 17.5. The molecule has 0 bridgehead atoms. The van der Waals surface area contributed by atoms with Gasteiger partial charge >= 0.3 is 5.97 Å². The van der Waals surface area contributed by atoms with Gasteiger partial charge in [0.15, 0.2) is 16.4 Å². The quantitative estimate of drug-likeness (QED) is 0.670. The third kappa shape index (κ3) is 4.62. The summed E-state index contributed by atoms with van der Waals surface area (Å²) in [5, 5.41) is 1.81. The topological polar surface area (TPSA) is 80.8 Å². The van der Waals surface area contributed by atoms with E-state index in [1.54, 1.807) is 6.92 Å². The zero-order chi connectivity index (χ0) is 20.3. The number of amides is 1. The van der Waals surface area contributed by atoms with Gasteiger partial charge in [0.1, 0.15) is 4.88 Å². The average molecular weight is 422 g/mol. The second-order valence-electron chi connectivity index (χ2n) is 6.84. The van der Waals surface area contributed by atoms with Gasteiger partial charge in [-0.3, -0.25) is 4.79 Å². The number of hydrogen-bond acceptors (Lipinski definition) is 6. The molecule has 1 fully saturated rings. The summed E-state index contributed by atoms with van der Waals surface area (Å²) >= 11 is 1.27. The van der Waals surface area contributed by atoms with Crippen molar-refractivity contribution in [1.29, 1.82) is 0 Å². The number of rotatable bonds is 6. The summed E-state index contributed by atoms with van der Waals surface area (Å²) in [5.74, 6) is -0.847. The molecule has 1 aliphatic rings. The van der Waals surface area contributed by atoms with E-state index in [0.29, 0.717) is 17.8 Å². The summed E-state index contributed by atoms with van der Waals surface area (Å²) in [7, 11) is -3.09. The summed E-state index contributed by atoms with van der Waals surface area (Å²) in [6.07, 6.45) is 0.429. The van der Waals surface area contributed by atoms with Crippen molar-refractivity contribution in [2.24, 2.45) is 0 Å². The Bertz CT molecular complexity index is 963. The highest BCUT2D eigenvalue weighted by Gasteiger charge is 2.34. The fraction of sp³-hybridized carbons (Fsp3) is 0.400. The van der Waals surface area contributed by atoms with Crippen LogP contribution < -0.4 is 0 Å². The van der Waals surface area contributed by atoms with Crippen molar-refractivity contribution in [3.63, 3.8) is 0 Å². The lowest BCUT2D eigenvalue weighted by atomic mass is 10.1. The maximum absolute atomic E-state index is 12.5. The number of esters is 1. The van der Waals surface area contributed by atoms with Gasteiger partial charge in [0.05, 0.1) is 11.5 Å². The van der Waals surface area contributed by atoms with E-state index >= 15 is 0 Å². The maximum Gasteiger partial charge on any atom is 0.349 e. The molecule has 3 rings (SSSR count). The Morgan fingerprint density at radius 3 is 2.54 bits per heavy atom. The highest BCUT2D eigenvalue weighted by molar-refractivity contribution is 7.91. The minimum Gasteiger partial charge on any atom is -0.451 e. The molecule has 6 nitrogen and oxygen atoms in total. The van der Waals surface area contributed by atoms with E-state index in [1.807, 2.05) is 42.6 Å². The summed E-state index contributed by atoms with van der Waals surface area (Å²) in [5.41, 5.74) is 2.82. The molecule has 150 valence electrons. The van der Waals surface area contributed by atoms with E-state index in [2.05, 4.69) is 0 Å². The van der Waals surface area contributed by atoms with Crippen molar-refractivity contribution in [3.8, 4) is 11.1 Å². The number of thiophene rings is 1. The molecule has 2 aromatic rings. The number of carbonyl (C=O) groups is 2. The molecule has 8 heteroatoms. The largest absolute Gasteiger partial charge is 0.451 e. The van der Waals surface area contributed by atoms with Crippen molar-refractivity contribution < 1.29 is 22.7 Å². The number of nitrogens with zero attached hydrogens (tertiary/aromatic N) is 1. The molecular weight excluding hydrogens is 398 g/mol. The lowest BCUT2D eigenvalue weighted by molar-refractivity contribution is -0.136. The van der Waals surface area contributed by atoms with Crippen molar-refractivity contribution in [3.05, 3.63) is 46.2 Å². The Balaban J connectivity index is 1.65. The average Bonchev–Trinajstić information content (AvgIpc) is 3.28. The first-order valence-corrected chi connectivity index (χ1v) is 11.8. The van der Waals surface area contributed by atoms with E-state index in [9.17, 15) is 18.0 Å². The van der Waals surface area contributed by atoms with Crippen LogP contribution in [0.5, 0.6) is 0 Å². The zero-order valence-electron chi connectivity index (χ0n) is 15.9. The second-order valence-corrected chi connectivity index (χ2v) is 9.99. The first-order valence-electron chi connectivity index (χ1n) is 9.12. The van der Waals surface area contributed by atoms with Crippen molar-refractivity contribution >= 4 is 33.1 Å². The normalized spacial score (nSPS) is 18.0. The minimum absolute atomic E-state index is 0.0248. The van der Waals surface area contributed by atoms with Crippen LogP contribution in [0.25, 0.3) is 11.1 Å². The Morgan fingerprint density at radius 1 is 1.21 bits per heavy atom. The van der Waals surface area contributed by atoms with Gasteiger partial charge < -0.3 is 9.64 Å². The Kier molecular flexibility index (Phi) is 6.20. The van der Waals surface area contributed by atoms with Gasteiger partial charge in [0.25, 0.3) is 5.91 Å². The molecule has 1 amide bonds. The van der Waals surface area contributed by atoms with Crippen LogP contribution in [0, 0.1) is 6.92 Å². The van der Waals surface area contributed by atoms with Gasteiger partial charge in [-0.1, -0.05) is 29.8 Å². The lowest BCUT2D eigenvalue weighted by Crippen LogP contribution is -2.43. The first kappa shape index (κ1) is 20.5. The van der Waals surface area contributed by atoms with Crippen LogP contribution in [0.1, 0.15) is 28.6 Å². The molecule has 0 aliphatic carbocycles. The molecule has 28 heavy (non-hydrogen) atoms. The number of benzene rings is 1. The van der Waals surface area contributed by atoms with Gasteiger partial charge in [0, 0.05) is 18.2 Å². The number of likely N-dealkylation sites (N-methyl/N-ethyl adjacent to an activating group) is 1. The summed E-state index contributed by atoms with van der Waals surface area (Å²) in [6, 6.07) is 9.35. The third-order valence-electron chi connectivity index (χ3n) is 4.85. The fourth-order valence-electron chi connectivity index (χ4n) is 3.36. The van der Waals surface area contributed by atoms with E-state index in [1.165, 1.54) is 16.2 Å². The van der Waals surface area contributed by atoms with Crippen LogP contribution in [0.2, 0.25) is 0 Å². The third-order valence-corrected chi connectivity index (χ3v) is 7.49. The molecule has 0 saturated carbocycles. The van der Waals surface area contributed by atoms with Crippen molar-refractivity contribution in [1.82, 2.24) is 4.90 Å². The Hall–Kier alpha value is -2.19. The van der Waals surface area contributed by atoms with Crippen LogP contribution in [0.3, 0.4) is 0 Å². The highest BCUT2D eigenvalue weighted by Crippen LogP contribution is 2.29. The number of aryl methyl sites for hydroxylation is 1. The van der Waals surface area contributed by atoms with Crippen LogP contribution in [-0.2, 0) is 19.4 Å². The monoisotopic (exact) mass is 421 g/mol. The summed E-state index contributed by atoms with van der Waals surface area (Å²) < 4.78 is 28.6. The molecule has 0 unspecified atom stereocenters. The number of sulfone groups is 1. The SMILES string of the molecule is CCN(C(=O)COC(=O)c1sccc1-c1ccc(C)cc1)[C@@H]1CCS(=O)(=O)C1. The van der Waals surface area contributed by atoms with Crippen LogP contribution >= 0.6 is 11.3 Å². The van der Waals surface area contributed by atoms with Crippen molar-refractivity contribution in [2.75, 3.05) is 24.7 Å². The van der Waals surface area contributed by atoms with Gasteiger partial charge in [0.2, 0.25) is 0 Å². The number of carbonyl (C=O) groups excluding carboxylic acids is 2. The molecule has 0 spiro atoms. The summed E-state index contributed by atoms with van der Waals surface area (Å²) in [6.45, 7) is 3.77. The van der Waals surface area contributed by atoms with Gasteiger partial charge in [-0.2, -0.15) is 0 Å². The van der Waals surface area contributed by atoms with E-state index in [0.717, 1.165) is 16.7 Å². The second kappa shape index (κ2) is 8.45. The van der Waals surface area contributed by atoms with E-state index in [-0.39, 0.29) is 23.5 Å². The molecule has 2 heterocycles. The molecule has 1 saturated heterocycles. The fourth-order valence-corrected chi connectivity index (χ4v) is 5.90. The number of hydrogen-bond donors (Lipinski definition) is 0. The van der Waals surface area contributed by atoms with Gasteiger partial charge in [-0.15, -0.1) is 11.3 Å². The predicted molar refractivity (Wildman–Crippen MR) is 109 cm³/mol. The van der Waals surface area contributed by atoms with Crippen molar-refractivity contribution in [2.45, 2.75) is 26.3 Å². The smallest absolute Gasteiger partial charge is 0.349 e. The molecule has 1 aromatic heterocycles. The molecule has 1 atom stereocenters. The van der Waals surface area contributed by atoms with Crippen LogP contribution in [-0.4, -0.2) is 55.9 Å². The van der Waals surface area contributed by atoms with Gasteiger partial charge in [-0.25, -0.2) is 13.2 Å². The van der Waals surface area contributed by atoms with Crippen LogP contribution in [0.15, 0.2) is 35.7 Å². The standard InChI is InChI=1S/C20H23NO5S2/c1-3-21(16-9-11-28(24,25)13-16)18(22)12-26-20(23)19-17(8-10-27-19)15-6-4-14(2)5-7-15/h4-8,10,16H,3,9,11-13H2,1-2H3/t16-/m1/s1. The highest BCUT2D eigenvalue weighted by atomic mass is 32.2. The van der Waals surface area contributed by atoms with Gasteiger partial charge in [-0.05, 0) is 37.3 Å². The molecule has 1 aromatic carbocycles. The lowest BCUT2D eigenvalue weighted by Gasteiger charge is -2.26. The molecule has 1 aliphatic heterocycles. The Labute approximate surface area is 169 Å². The maximum atomic E-state index is 12.5. The predicted octanol–water partition coefficient (Wildman–Crippen LogP) is 2.92. The Morgan fingerprint density at radius 2 is 1.93 bits per heavy atom. The molecule has 0 N–H and O–H groups in total. The van der Waals surface area contributed by atoms with E-state index in [4.69, 9.17) is 4.74 Å². The minimum atomic E-state index is -3.09.